The van der Waals surface area contributed by atoms with Gasteiger partial charge in [-0.25, -0.2) is 18.6 Å². The molecule has 0 bridgehead atoms. The topological polar surface area (TPSA) is 76.8 Å². The fourth-order valence-electron chi connectivity index (χ4n) is 2.64. The van der Waals surface area contributed by atoms with Gasteiger partial charge in [0, 0.05) is 0 Å². The van der Waals surface area contributed by atoms with E-state index in [2.05, 4.69) is 10.3 Å². The van der Waals surface area contributed by atoms with Crippen LogP contribution in [0.15, 0.2) is 42.5 Å². The molecule has 8 heteroatoms. The van der Waals surface area contributed by atoms with Crippen molar-refractivity contribution in [1.29, 1.82) is 0 Å². The Kier molecular flexibility index (Phi) is 5.96. The molecule has 1 aromatic carbocycles. The summed E-state index contributed by atoms with van der Waals surface area (Å²) in [5, 5.41) is 12.9. The van der Waals surface area contributed by atoms with Crippen molar-refractivity contribution >= 4 is 17.3 Å². The number of benzene rings is 1. The summed E-state index contributed by atoms with van der Waals surface area (Å²) >= 11 is 0. The van der Waals surface area contributed by atoms with Gasteiger partial charge >= 0.3 is 5.97 Å². The first kappa shape index (κ1) is 19.9. The molecule has 1 aromatic heterocycles. The molecular formula is C20H22F2N3O3-. The number of anilines is 1. The third-order valence-electron chi connectivity index (χ3n) is 4.41. The average Bonchev–Trinajstić information content (AvgIpc) is 3.50. The Morgan fingerprint density at radius 1 is 1.25 bits per heavy atom. The maximum Gasteiger partial charge on any atom is 0.354 e. The standard InChI is InChI=1S/C13H14F2N2O3.C7H8N/c14-13(15)6-17(7-13)10-4-3-9(12(18)19)16-11(10)20-5-8-1-2-8;1-8-7-5-3-2-4-6-7/h3-4,8H,1-2,5-7H2,(H,18,19);2-6H,1H3/q;-1. The second-order valence-electron chi connectivity index (χ2n) is 6.85. The Labute approximate surface area is 162 Å². The van der Waals surface area contributed by atoms with Crippen LogP contribution in [0.1, 0.15) is 23.3 Å². The van der Waals surface area contributed by atoms with Crippen LogP contribution in [0.25, 0.3) is 5.32 Å². The SMILES string of the molecule is C[N-]c1ccccc1.O=C(O)c1ccc(N2CC(F)(F)C2)c(OCC2CC2)n1. The average molecular weight is 390 g/mol. The third-order valence-corrected chi connectivity index (χ3v) is 4.41. The highest BCUT2D eigenvalue weighted by Crippen LogP contribution is 2.37. The van der Waals surface area contributed by atoms with Crippen LogP contribution < -0.4 is 9.64 Å². The molecule has 0 amide bonds. The van der Waals surface area contributed by atoms with Crippen molar-refractivity contribution < 1.29 is 23.4 Å². The quantitative estimate of drug-likeness (QED) is 0.794. The van der Waals surface area contributed by atoms with Crippen LogP contribution in [0.3, 0.4) is 0 Å². The van der Waals surface area contributed by atoms with Crippen LogP contribution >= 0.6 is 0 Å². The summed E-state index contributed by atoms with van der Waals surface area (Å²) in [7, 11) is 1.79. The first-order chi connectivity index (χ1) is 13.4. The van der Waals surface area contributed by atoms with E-state index in [0.717, 1.165) is 18.5 Å². The van der Waals surface area contributed by atoms with Crippen LogP contribution in [0.2, 0.25) is 0 Å². The van der Waals surface area contributed by atoms with E-state index in [4.69, 9.17) is 9.84 Å². The molecule has 1 N–H and O–H groups in total. The van der Waals surface area contributed by atoms with Crippen LogP contribution in [0.4, 0.5) is 20.2 Å². The number of rotatable bonds is 6. The van der Waals surface area contributed by atoms with Gasteiger partial charge in [-0.3, -0.25) is 0 Å². The Morgan fingerprint density at radius 3 is 2.43 bits per heavy atom. The molecule has 6 nitrogen and oxygen atoms in total. The van der Waals surface area contributed by atoms with E-state index in [-0.39, 0.29) is 24.7 Å². The highest BCUT2D eigenvalue weighted by Gasteiger charge is 2.45. The van der Waals surface area contributed by atoms with Crippen molar-refractivity contribution in [2.24, 2.45) is 5.92 Å². The molecule has 0 spiro atoms. The number of carbonyl (C=O) groups is 1. The van der Waals surface area contributed by atoms with Crippen molar-refractivity contribution in [2.45, 2.75) is 18.8 Å². The first-order valence-corrected chi connectivity index (χ1v) is 9.03. The van der Waals surface area contributed by atoms with Crippen LogP contribution in [-0.2, 0) is 0 Å². The number of carboxylic acid groups (broad SMARTS) is 1. The van der Waals surface area contributed by atoms with E-state index in [0.29, 0.717) is 18.2 Å². The first-order valence-electron chi connectivity index (χ1n) is 9.03. The zero-order valence-electron chi connectivity index (χ0n) is 15.5. The highest BCUT2D eigenvalue weighted by molar-refractivity contribution is 5.86. The molecule has 2 aliphatic rings. The van der Waals surface area contributed by atoms with Gasteiger partial charge in [-0.2, -0.15) is 0 Å². The van der Waals surface area contributed by atoms with E-state index in [1.165, 1.54) is 17.0 Å². The number of aromatic nitrogens is 1. The second-order valence-corrected chi connectivity index (χ2v) is 6.85. The molecule has 28 heavy (non-hydrogen) atoms. The van der Waals surface area contributed by atoms with Crippen molar-refractivity contribution in [3.8, 4) is 5.88 Å². The predicted molar refractivity (Wildman–Crippen MR) is 102 cm³/mol. The molecule has 1 saturated heterocycles. The summed E-state index contributed by atoms with van der Waals surface area (Å²) in [5.74, 6) is -3.26. The summed E-state index contributed by atoms with van der Waals surface area (Å²) < 4.78 is 31.4. The second kappa shape index (κ2) is 8.41. The minimum atomic E-state index is -2.70. The lowest BCUT2D eigenvalue weighted by atomic mass is 10.1. The molecule has 2 fully saturated rings. The van der Waals surface area contributed by atoms with Gasteiger partial charge in [0.25, 0.3) is 5.92 Å². The lowest BCUT2D eigenvalue weighted by molar-refractivity contribution is -0.0265. The van der Waals surface area contributed by atoms with Crippen LogP contribution in [-0.4, -0.2) is 48.7 Å². The Bertz CT molecular complexity index is 806. The van der Waals surface area contributed by atoms with Gasteiger partial charge in [-0.1, -0.05) is 30.3 Å². The highest BCUT2D eigenvalue weighted by atomic mass is 19.3. The van der Waals surface area contributed by atoms with E-state index in [1.807, 2.05) is 30.3 Å². The van der Waals surface area contributed by atoms with E-state index in [9.17, 15) is 13.6 Å². The van der Waals surface area contributed by atoms with Crippen molar-refractivity contribution in [3.63, 3.8) is 0 Å². The predicted octanol–water partition coefficient (Wildman–Crippen LogP) is 4.35. The van der Waals surface area contributed by atoms with Crippen molar-refractivity contribution in [2.75, 3.05) is 31.6 Å². The number of carboxylic acids is 1. The lowest BCUT2D eigenvalue weighted by Gasteiger charge is -2.40. The molecule has 0 radical (unpaired) electrons. The number of hydrogen-bond donors (Lipinski definition) is 1. The number of hydrogen-bond acceptors (Lipinski definition) is 4. The number of halogens is 2. The van der Waals surface area contributed by atoms with Crippen LogP contribution in [0.5, 0.6) is 5.88 Å². The molecule has 0 atom stereocenters. The fraction of sp³-hybridized carbons (Fsp3) is 0.400. The lowest BCUT2D eigenvalue weighted by Crippen LogP contribution is -2.56. The molecular weight excluding hydrogens is 368 g/mol. The Hall–Kier alpha value is -2.90. The van der Waals surface area contributed by atoms with E-state index < -0.39 is 11.9 Å². The van der Waals surface area contributed by atoms with Gasteiger partial charge in [0.05, 0.1) is 19.7 Å². The largest absolute Gasteiger partial charge is 0.687 e. The molecule has 1 aliphatic carbocycles. The number of ether oxygens (including phenoxy) is 1. The number of nitrogens with zero attached hydrogens (tertiary/aromatic N) is 3. The molecule has 150 valence electrons. The van der Waals surface area contributed by atoms with Gasteiger partial charge in [0.2, 0.25) is 5.88 Å². The van der Waals surface area contributed by atoms with Crippen molar-refractivity contribution in [3.05, 3.63) is 53.5 Å². The Balaban J connectivity index is 0.000000236. The summed E-state index contributed by atoms with van der Waals surface area (Å²) in [6.07, 6.45) is 2.16. The number of para-hydroxylation sites is 1. The summed E-state index contributed by atoms with van der Waals surface area (Å²) in [6, 6.07) is 12.7. The molecule has 4 rings (SSSR count). The Morgan fingerprint density at radius 2 is 1.93 bits per heavy atom. The molecule has 0 unspecified atom stereocenters. The maximum absolute atomic E-state index is 12.9. The summed E-state index contributed by atoms with van der Waals surface area (Å²) in [5.41, 5.74) is 1.32. The number of aromatic carboxylic acids is 1. The normalized spacial score (nSPS) is 17.0. The smallest absolute Gasteiger partial charge is 0.354 e. The van der Waals surface area contributed by atoms with Gasteiger partial charge in [-0.05, 0) is 30.9 Å². The minimum absolute atomic E-state index is 0.132. The van der Waals surface area contributed by atoms with Crippen molar-refractivity contribution in [1.82, 2.24) is 4.98 Å². The monoisotopic (exact) mass is 390 g/mol. The summed E-state index contributed by atoms with van der Waals surface area (Å²) in [4.78, 5) is 16.3. The van der Waals surface area contributed by atoms with Gasteiger partial charge in [0.15, 0.2) is 5.69 Å². The molecule has 1 aliphatic heterocycles. The minimum Gasteiger partial charge on any atom is -0.687 e. The third kappa shape index (κ3) is 5.31. The molecule has 2 heterocycles. The summed E-state index contributed by atoms with van der Waals surface area (Å²) in [6.45, 7) is -0.324. The number of alkyl halides is 2. The molecule has 2 aromatic rings. The molecule has 1 saturated carbocycles. The van der Waals surface area contributed by atoms with Crippen LogP contribution in [0, 0.1) is 5.92 Å². The van der Waals surface area contributed by atoms with E-state index >= 15 is 0 Å². The fourth-order valence-corrected chi connectivity index (χ4v) is 2.64. The number of pyridine rings is 1. The van der Waals surface area contributed by atoms with Gasteiger partial charge in [0.1, 0.15) is 5.69 Å². The van der Waals surface area contributed by atoms with Gasteiger partial charge in [-0.15, -0.1) is 12.7 Å². The maximum atomic E-state index is 12.9. The zero-order valence-corrected chi connectivity index (χ0v) is 15.5. The van der Waals surface area contributed by atoms with Gasteiger partial charge < -0.3 is 20.1 Å². The van der Waals surface area contributed by atoms with E-state index in [1.54, 1.807) is 7.05 Å². The zero-order chi connectivity index (χ0) is 20.1.